The molecule has 2 aromatic carbocycles. The van der Waals surface area contributed by atoms with Crippen LogP contribution >= 0.6 is 22.7 Å². The molecule has 0 unspecified atom stereocenters. The molecule has 0 saturated heterocycles. The summed E-state index contributed by atoms with van der Waals surface area (Å²) in [7, 11) is 4.77. The lowest BCUT2D eigenvalue weighted by molar-refractivity contribution is -0.118. The monoisotopic (exact) mass is 609 g/mol. The molecule has 1 amide bonds. The van der Waals surface area contributed by atoms with Crippen LogP contribution in [0.5, 0.6) is 17.2 Å². The summed E-state index contributed by atoms with van der Waals surface area (Å²) in [5, 5.41) is 22.6. The van der Waals surface area contributed by atoms with Crippen molar-refractivity contribution in [2.45, 2.75) is 58.3 Å². The van der Waals surface area contributed by atoms with Crippen molar-refractivity contribution in [2.75, 3.05) is 26.6 Å². The van der Waals surface area contributed by atoms with Gasteiger partial charge in [-0.25, -0.2) is 0 Å². The second kappa shape index (κ2) is 15.4. The first-order valence-electron chi connectivity index (χ1n) is 13.7. The predicted octanol–water partition coefficient (Wildman–Crippen LogP) is 5.08. The van der Waals surface area contributed by atoms with Gasteiger partial charge in [0.25, 0.3) is 0 Å². The second-order valence-corrected chi connectivity index (χ2v) is 11.8. The van der Waals surface area contributed by atoms with Crippen LogP contribution in [0.15, 0.2) is 36.4 Å². The summed E-state index contributed by atoms with van der Waals surface area (Å²) in [6, 6.07) is 11.3. The smallest absolute Gasteiger partial charge is 0.230 e. The Kier molecular flexibility index (Phi) is 11.4. The Balaban J connectivity index is 1.18. The van der Waals surface area contributed by atoms with Gasteiger partial charge in [-0.2, -0.15) is 0 Å². The highest BCUT2D eigenvalue weighted by atomic mass is 32.1. The number of nitrogens with zero attached hydrogens (tertiary/aromatic N) is 4. The summed E-state index contributed by atoms with van der Waals surface area (Å²) in [6.45, 7) is 2.09. The zero-order valence-corrected chi connectivity index (χ0v) is 25.9. The topological polar surface area (TPSA) is 125 Å². The number of ketones is 1. The van der Waals surface area contributed by atoms with Crippen LogP contribution in [-0.2, 0) is 48.1 Å². The number of amides is 1. The van der Waals surface area contributed by atoms with E-state index in [1.54, 1.807) is 33.5 Å². The molecule has 0 bridgehead atoms. The zero-order chi connectivity index (χ0) is 29.9. The van der Waals surface area contributed by atoms with E-state index in [1.807, 2.05) is 24.3 Å². The summed E-state index contributed by atoms with van der Waals surface area (Å²) < 4.78 is 16.1. The Morgan fingerprint density at radius 3 is 2.10 bits per heavy atom. The van der Waals surface area contributed by atoms with Crippen molar-refractivity contribution >= 4 is 39.5 Å². The van der Waals surface area contributed by atoms with Gasteiger partial charge in [0.05, 0.1) is 34.2 Å². The quantitative estimate of drug-likeness (QED) is 0.173. The molecule has 12 heteroatoms. The fourth-order valence-electron chi connectivity index (χ4n) is 4.35. The van der Waals surface area contributed by atoms with Crippen LogP contribution in [-0.4, -0.2) is 53.4 Å². The fourth-order valence-corrected chi connectivity index (χ4v) is 6.06. The lowest BCUT2D eigenvalue weighted by Crippen LogP contribution is -2.14. The van der Waals surface area contributed by atoms with E-state index in [0.29, 0.717) is 23.1 Å². The highest BCUT2D eigenvalue weighted by Crippen LogP contribution is 2.26. The molecule has 0 atom stereocenters. The van der Waals surface area contributed by atoms with Crippen LogP contribution < -0.4 is 19.5 Å². The van der Waals surface area contributed by atoms with E-state index in [9.17, 15) is 9.59 Å². The molecule has 2 heterocycles. The Morgan fingerprint density at radius 2 is 1.38 bits per heavy atom. The average molecular weight is 610 g/mol. The normalized spacial score (nSPS) is 10.9. The summed E-state index contributed by atoms with van der Waals surface area (Å²) in [6.07, 6.45) is 4.98. The number of nitrogens with one attached hydrogen (secondary N) is 1. The summed E-state index contributed by atoms with van der Waals surface area (Å²) in [5.74, 6) is 1.90. The van der Waals surface area contributed by atoms with Crippen LogP contribution in [0.1, 0.15) is 51.5 Å². The molecule has 10 nitrogen and oxygen atoms in total. The molecule has 0 aliphatic carbocycles. The van der Waals surface area contributed by atoms with Gasteiger partial charge in [0, 0.05) is 36.5 Å². The molecule has 222 valence electrons. The van der Waals surface area contributed by atoms with Crippen molar-refractivity contribution in [3.05, 3.63) is 68.1 Å². The van der Waals surface area contributed by atoms with Crippen molar-refractivity contribution < 1.29 is 23.8 Å². The van der Waals surface area contributed by atoms with E-state index in [0.717, 1.165) is 64.0 Å². The van der Waals surface area contributed by atoms with Gasteiger partial charge < -0.3 is 19.5 Å². The molecule has 1 N–H and O–H groups in total. The molecule has 0 radical (unpaired) electrons. The van der Waals surface area contributed by atoms with Crippen molar-refractivity contribution in [1.29, 1.82) is 0 Å². The van der Waals surface area contributed by atoms with Crippen molar-refractivity contribution in [1.82, 2.24) is 20.4 Å². The Bertz CT molecular complexity index is 1390. The number of Topliss-reactive ketones (excluding diaryl/α,β-unsaturated/α-hetero) is 1. The van der Waals surface area contributed by atoms with E-state index in [-0.39, 0.29) is 24.5 Å². The van der Waals surface area contributed by atoms with Crippen LogP contribution in [0.4, 0.5) is 5.13 Å². The Labute approximate surface area is 253 Å². The zero-order valence-electron chi connectivity index (χ0n) is 24.3. The van der Waals surface area contributed by atoms with Crippen LogP contribution in [0, 0.1) is 0 Å². The summed E-state index contributed by atoms with van der Waals surface area (Å²) in [4.78, 5) is 25.2. The summed E-state index contributed by atoms with van der Waals surface area (Å²) >= 11 is 2.86. The third-order valence-electron chi connectivity index (χ3n) is 6.59. The number of unbranched alkanes of at least 4 members (excludes halogenated alkanes) is 1. The minimum absolute atomic E-state index is 0.0857. The van der Waals surface area contributed by atoms with Crippen LogP contribution in [0.2, 0.25) is 0 Å². The molecule has 42 heavy (non-hydrogen) atoms. The largest absolute Gasteiger partial charge is 0.497 e. The molecule has 0 fully saturated rings. The Morgan fingerprint density at radius 1 is 0.738 bits per heavy atom. The molecule has 0 spiro atoms. The molecule has 0 aliphatic heterocycles. The first kappa shape index (κ1) is 31.0. The molecule has 4 rings (SSSR count). The minimum atomic E-state index is -0.194. The van der Waals surface area contributed by atoms with Crippen molar-refractivity contribution in [3.8, 4) is 17.2 Å². The maximum absolute atomic E-state index is 12.7. The second-order valence-electron chi connectivity index (χ2n) is 9.59. The van der Waals surface area contributed by atoms with E-state index >= 15 is 0 Å². The van der Waals surface area contributed by atoms with Gasteiger partial charge in [0.1, 0.15) is 38.1 Å². The molecule has 0 aliphatic rings. The van der Waals surface area contributed by atoms with Crippen molar-refractivity contribution in [2.24, 2.45) is 0 Å². The van der Waals surface area contributed by atoms with Crippen LogP contribution in [0.3, 0.4) is 0 Å². The average Bonchev–Trinajstić information content (AvgIpc) is 3.64. The first-order chi connectivity index (χ1) is 20.4. The van der Waals surface area contributed by atoms with Gasteiger partial charge in [-0.15, -0.1) is 31.7 Å². The standard InChI is InChI=1S/C30H35N5O5S2/c1-5-19-10-11-20(24(14-19)39-3)15-22(36)17-29-34-32-27(41-29)8-6-7-9-28-33-35-30(42-28)31-26(37)16-21-12-13-23(38-2)18-25(21)40-4/h10-14,18H,5-9,15-17H2,1-4H3,(H,31,35,37). The highest BCUT2D eigenvalue weighted by molar-refractivity contribution is 7.15. The molecular weight excluding hydrogens is 574 g/mol. The number of hydrogen-bond acceptors (Lipinski definition) is 11. The SMILES string of the molecule is CCc1ccc(CC(=O)Cc2nnc(CCCCc3nnc(NC(=O)Cc4ccc(OC)cc4OC)s3)s2)c(OC)c1. The van der Waals surface area contributed by atoms with Gasteiger partial charge in [-0.3, -0.25) is 9.59 Å². The number of methoxy groups -OCH3 is 3. The lowest BCUT2D eigenvalue weighted by Gasteiger charge is -2.09. The number of carbonyl (C=O) groups excluding carboxylic acids is 2. The predicted molar refractivity (Wildman–Crippen MR) is 163 cm³/mol. The number of aryl methyl sites for hydroxylation is 3. The number of rotatable bonds is 16. The van der Waals surface area contributed by atoms with E-state index in [1.165, 1.54) is 28.2 Å². The van der Waals surface area contributed by atoms with Gasteiger partial charge in [0.2, 0.25) is 11.0 Å². The summed E-state index contributed by atoms with van der Waals surface area (Å²) in [5.41, 5.74) is 2.82. The number of benzene rings is 2. The molecular formula is C30H35N5O5S2. The highest BCUT2D eigenvalue weighted by Gasteiger charge is 2.15. The number of anilines is 1. The lowest BCUT2D eigenvalue weighted by atomic mass is 10.0. The molecule has 2 aromatic heterocycles. The maximum atomic E-state index is 12.7. The Hall–Kier alpha value is -3.90. The first-order valence-corrected chi connectivity index (χ1v) is 15.4. The van der Waals surface area contributed by atoms with Crippen molar-refractivity contribution in [3.63, 3.8) is 0 Å². The third-order valence-corrected chi connectivity index (χ3v) is 8.48. The number of hydrogen-bond donors (Lipinski definition) is 1. The number of carbonyl (C=O) groups is 2. The van der Waals surface area contributed by atoms with E-state index < -0.39 is 0 Å². The molecule has 4 aromatic rings. The minimum Gasteiger partial charge on any atom is -0.497 e. The van der Waals surface area contributed by atoms with Gasteiger partial charge >= 0.3 is 0 Å². The van der Waals surface area contributed by atoms with Gasteiger partial charge in [-0.05, 0) is 37.0 Å². The fraction of sp³-hybridized carbons (Fsp3) is 0.400. The molecule has 0 saturated carbocycles. The van der Waals surface area contributed by atoms with E-state index in [4.69, 9.17) is 14.2 Å². The third kappa shape index (κ3) is 8.80. The van der Waals surface area contributed by atoms with Gasteiger partial charge in [-0.1, -0.05) is 36.5 Å². The number of ether oxygens (including phenoxy) is 3. The van der Waals surface area contributed by atoms with E-state index in [2.05, 4.69) is 32.6 Å². The maximum Gasteiger partial charge on any atom is 0.230 e. The van der Waals surface area contributed by atoms with Gasteiger partial charge in [0.15, 0.2) is 0 Å². The van der Waals surface area contributed by atoms with Crippen LogP contribution in [0.25, 0.3) is 0 Å². The number of aromatic nitrogens is 4.